The van der Waals surface area contributed by atoms with Gasteiger partial charge < -0.3 is 0 Å². The molecule has 0 unspecified atom stereocenters. The molecule has 0 aliphatic carbocycles. The highest BCUT2D eigenvalue weighted by Crippen LogP contribution is 2.24. The highest BCUT2D eigenvalue weighted by molar-refractivity contribution is 7.90. The quantitative estimate of drug-likeness (QED) is 0.816. The minimum absolute atomic E-state index is 0.114. The van der Waals surface area contributed by atoms with Crippen molar-refractivity contribution in [2.75, 3.05) is 0 Å². The Morgan fingerprint density at radius 2 is 2.21 bits per heavy atom. The van der Waals surface area contributed by atoms with Crippen LogP contribution in [0.2, 0.25) is 4.34 Å². The van der Waals surface area contributed by atoms with Gasteiger partial charge in [-0.25, -0.2) is 17.8 Å². The van der Waals surface area contributed by atoms with Crippen molar-refractivity contribution in [3.63, 3.8) is 0 Å². The molecule has 19 heavy (non-hydrogen) atoms. The van der Waals surface area contributed by atoms with Crippen LogP contribution in [0.25, 0.3) is 0 Å². The van der Waals surface area contributed by atoms with Crippen LogP contribution in [0.1, 0.15) is 10.6 Å². The third kappa shape index (κ3) is 3.10. The molecule has 0 amide bonds. The molecule has 1 aromatic carbocycles. The second-order valence-electron chi connectivity index (χ2n) is 3.57. The van der Waals surface area contributed by atoms with Crippen molar-refractivity contribution in [3.8, 4) is 6.07 Å². The molecule has 2 aromatic rings. The number of hydrogen-bond acceptors (Lipinski definition) is 5. The van der Waals surface area contributed by atoms with Gasteiger partial charge in [-0.1, -0.05) is 11.6 Å². The number of nitrogens with zero attached hydrogens (tertiary/aromatic N) is 2. The minimum atomic E-state index is -3.68. The summed E-state index contributed by atoms with van der Waals surface area (Å²) < 4.78 is 37.7. The number of rotatable bonds is 3. The summed E-state index contributed by atoms with van der Waals surface area (Å²) in [6.45, 7) is 0. The number of benzene rings is 1. The Labute approximate surface area is 118 Å². The Balaban J connectivity index is 2.37. The van der Waals surface area contributed by atoms with Crippen molar-refractivity contribution in [2.24, 2.45) is 0 Å². The predicted octanol–water partition coefficient (Wildman–Crippen LogP) is 2.78. The van der Waals surface area contributed by atoms with Crippen molar-refractivity contribution in [1.29, 1.82) is 5.26 Å². The summed E-state index contributed by atoms with van der Waals surface area (Å²) in [4.78, 5) is 3.74. The van der Waals surface area contributed by atoms with Gasteiger partial charge in [-0.15, -0.1) is 11.3 Å². The van der Waals surface area contributed by atoms with Crippen LogP contribution >= 0.6 is 22.9 Å². The first kappa shape index (κ1) is 13.9. The summed E-state index contributed by atoms with van der Waals surface area (Å²) in [5, 5.41) is 9.03. The van der Waals surface area contributed by atoms with Gasteiger partial charge in [0.05, 0.1) is 16.7 Å². The normalized spacial score (nSPS) is 11.2. The lowest BCUT2D eigenvalue weighted by Crippen LogP contribution is -2.05. The van der Waals surface area contributed by atoms with E-state index in [0.717, 1.165) is 29.5 Å². The maximum atomic E-state index is 13.1. The molecular formula is C11H6ClFN2O2S2. The van der Waals surface area contributed by atoms with Crippen LogP contribution in [0.5, 0.6) is 0 Å². The van der Waals surface area contributed by atoms with E-state index in [-0.39, 0.29) is 16.2 Å². The first-order valence-electron chi connectivity index (χ1n) is 4.95. The van der Waals surface area contributed by atoms with Gasteiger partial charge >= 0.3 is 0 Å². The van der Waals surface area contributed by atoms with Crippen molar-refractivity contribution in [2.45, 2.75) is 10.6 Å². The second kappa shape index (κ2) is 5.25. The van der Waals surface area contributed by atoms with E-state index in [0.29, 0.717) is 9.34 Å². The lowest BCUT2D eigenvalue weighted by atomic mass is 10.2. The van der Waals surface area contributed by atoms with Crippen molar-refractivity contribution in [3.05, 3.63) is 45.1 Å². The number of aromatic nitrogens is 1. The third-order valence-electron chi connectivity index (χ3n) is 2.26. The van der Waals surface area contributed by atoms with Gasteiger partial charge in [0.25, 0.3) is 0 Å². The van der Waals surface area contributed by atoms with Crippen LogP contribution in [0.3, 0.4) is 0 Å². The topological polar surface area (TPSA) is 70.8 Å². The van der Waals surface area contributed by atoms with Gasteiger partial charge in [0.2, 0.25) is 0 Å². The molecule has 0 spiro atoms. The first-order valence-corrected chi connectivity index (χ1v) is 7.79. The molecule has 4 nitrogen and oxygen atoms in total. The Bertz CT molecular complexity index is 765. The molecule has 0 atom stereocenters. The van der Waals surface area contributed by atoms with Crippen molar-refractivity contribution >= 4 is 32.8 Å². The van der Waals surface area contributed by atoms with Crippen LogP contribution in [0.4, 0.5) is 4.39 Å². The van der Waals surface area contributed by atoms with E-state index < -0.39 is 15.7 Å². The molecule has 0 fully saturated rings. The standard InChI is InChI=1S/C11H6ClFN2O2S2/c12-10-5-15-11(18-10)6-19(16,17)8-1-2-9(13)7(3-8)4-14/h1-3,5H,6H2. The highest BCUT2D eigenvalue weighted by Gasteiger charge is 2.19. The number of halogens is 2. The maximum Gasteiger partial charge on any atom is 0.184 e. The van der Waals surface area contributed by atoms with Crippen LogP contribution in [0, 0.1) is 17.1 Å². The molecule has 0 N–H and O–H groups in total. The molecule has 0 aliphatic rings. The van der Waals surface area contributed by atoms with Gasteiger partial charge in [0.15, 0.2) is 9.84 Å². The van der Waals surface area contributed by atoms with Crippen LogP contribution in [0.15, 0.2) is 29.3 Å². The first-order chi connectivity index (χ1) is 8.92. The fourth-order valence-corrected chi connectivity index (χ4v) is 3.98. The van der Waals surface area contributed by atoms with Gasteiger partial charge in [0, 0.05) is 0 Å². The SMILES string of the molecule is N#Cc1cc(S(=O)(=O)Cc2ncc(Cl)s2)ccc1F. The molecular weight excluding hydrogens is 311 g/mol. The maximum absolute atomic E-state index is 13.1. The van der Waals surface area contributed by atoms with Crippen LogP contribution in [-0.4, -0.2) is 13.4 Å². The fourth-order valence-electron chi connectivity index (χ4n) is 1.38. The lowest BCUT2D eigenvalue weighted by molar-refractivity contribution is 0.593. The Hall–Kier alpha value is -1.49. The van der Waals surface area contributed by atoms with Crippen molar-refractivity contribution < 1.29 is 12.8 Å². The largest absolute Gasteiger partial charge is 0.247 e. The number of hydrogen-bond donors (Lipinski definition) is 0. The van der Waals surface area contributed by atoms with E-state index in [2.05, 4.69) is 4.98 Å². The molecule has 0 saturated carbocycles. The van der Waals surface area contributed by atoms with E-state index in [4.69, 9.17) is 16.9 Å². The highest BCUT2D eigenvalue weighted by atomic mass is 35.5. The average molecular weight is 317 g/mol. The summed E-state index contributed by atoms with van der Waals surface area (Å²) in [7, 11) is -3.68. The molecule has 1 aromatic heterocycles. The molecule has 2 rings (SSSR count). The molecule has 8 heteroatoms. The zero-order valence-corrected chi connectivity index (χ0v) is 11.7. The van der Waals surface area contributed by atoms with E-state index >= 15 is 0 Å². The molecule has 0 bridgehead atoms. The average Bonchev–Trinajstić information content (AvgIpc) is 2.74. The summed E-state index contributed by atoms with van der Waals surface area (Å²) in [6, 6.07) is 4.70. The summed E-state index contributed by atoms with van der Waals surface area (Å²) in [6.07, 6.45) is 1.36. The fraction of sp³-hybridized carbons (Fsp3) is 0.0909. The molecule has 1 heterocycles. The van der Waals surface area contributed by atoms with Crippen LogP contribution < -0.4 is 0 Å². The third-order valence-corrected chi connectivity index (χ3v) is 5.18. The van der Waals surface area contributed by atoms with E-state index in [1.54, 1.807) is 6.07 Å². The van der Waals surface area contributed by atoms with E-state index in [1.807, 2.05) is 0 Å². The van der Waals surface area contributed by atoms with E-state index in [1.165, 1.54) is 6.20 Å². The minimum Gasteiger partial charge on any atom is -0.247 e. The predicted molar refractivity (Wildman–Crippen MR) is 69.1 cm³/mol. The van der Waals surface area contributed by atoms with Gasteiger partial charge in [-0.2, -0.15) is 5.26 Å². The summed E-state index contributed by atoms with van der Waals surface area (Å²) in [5.74, 6) is -1.08. The summed E-state index contributed by atoms with van der Waals surface area (Å²) >= 11 is 6.73. The van der Waals surface area contributed by atoms with Gasteiger partial charge in [0.1, 0.15) is 27.0 Å². The van der Waals surface area contributed by atoms with Gasteiger partial charge in [-0.05, 0) is 18.2 Å². The monoisotopic (exact) mass is 316 g/mol. The molecule has 0 aliphatic heterocycles. The lowest BCUT2D eigenvalue weighted by Gasteiger charge is -2.03. The van der Waals surface area contributed by atoms with Crippen LogP contribution in [-0.2, 0) is 15.6 Å². The van der Waals surface area contributed by atoms with Crippen molar-refractivity contribution in [1.82, 2.24) is 4.98 Å². The second-order valence-corrected chi connectivity index (χ2v) is 7.31. The van der Waals surface area contributed by atoms with E-state index in [9.17, 15) is 12.8 Å². The Kier molecular flexibility index (Phi) is 3.85. The Morgan fingerprint density at radius 1 is 1.47 bits per heavy atom. The summed E-state index contributed by atoms with van der Waals surface area (Å²) in [5.41, 5.74) is -0.307. The molecule has 98 valence electrons. The number of nitriles is 1. The van der Waals surface area contributed by atoms with Gasteiger partial charge in [-0.3, -0.25) is 0 Å². The zero-order chi connectivity index (χ0) is 14.0. The Morgan fingerprint density at radius 3 is 2.79 bits per heavy atom. The smallest absolute Gasteiger partial charge is 0.184 e. The molecule has 0 radical (unpaired) electrons. The number of sulfone groups is 1. The molecule has 0 saturated heterocycles. The number of thiazole rings is 1. The zero-order valence-electron chi connectivity index (χ0n) is 9.30.